The number of rotatable bonds is 6. The molecule has 3 aromatic rings. The first-order valence-corrected chi connectivity index (χ1v) is 8.65. The summed E-state index contributed by atoms with van der Waals surface area (Å²) in [4.78, 5) is 7.99. The van der Waals surface area contributed by atoms with Crippen LogP contribution in [-0.2, 0) is 0 Å². The van der Waals surface area contributed by atoms with Crippen molar-refractivity contribution < 1.29 is 26.7 Å². The Kier molecular flexibility index (Phi) is 5.18. The lowest BCUT2D eigenvalue weighted by Crippen LogP contribution is -2.30. The lowest BCUT2D eigenvalue weighted by Gasteiger charge is -2.16. The fourth-order valence-electron chi connectivity index (χ4n) is 2.97. The Morgan fingerprint density at radius 2 is 2.03 bits per heavy atom. The van der Waals surface area contributed by atoms with E-state index in [4.69, 9.17) is 4.74 Å². The zero-order valence-corrected chi connectivity index (χ0v) is 14.7. The van der Waals surface area contributed by atoms with E-state index in [2.05, 4.69) is 25.7 Å². The molecule has 0 spiro atoms. The number of aromatic nitrogens is 4. The predicted octanol–water partition coefficient (Wildman–Crippen LogP) is 2.44. The Balaban J connectivity index is 1.66. The number of alkyl halides is 3. The second-order valence-electron chi connectivity index (χ2n) is 6.38. The summed E-state index contributed by atoms with van der Waals surface area (Å²) in [6.45, 7) is -0.409. The van der Waals surface area contributed by atoms with Gasteiger partial charge in [0.25, 0.3) is 6.43 Å². The van der Waals surface area contributed by atoms with Crippen LogP contribution in [0.25, 0.3) is 17.0 Å². The maximum atomic E-state index is 14.4. The van der Waals surface area contributed by atoms with E-state index in [1.54, 1.807) is 0 Å². The van der Waals surface area contributed by atoms with E-state index < -0.39 is 36.9 Å². The Bertz CT molecular complexity index is 1030. The van der Waals surface area contributed by atoms with Crippen molar-refractivity contribution in [3.63, 3.8) is 0 Å². The van der Waals surface area contributed by atoms with Gasteiger partial charge in [-0.3, -0.25) is 0 Å². The van der Waals surface area contributed by atoms with Gasteiger partial charge in [-0.1, -0.05) is 0 Å². The van der Waals surface area contributed by atoms with Crippen molar-refractivity contribution >= 4 is 11.5 Å². The molecule has 0 amide bonds. The lowest BCUT2D eigenvalue weighted by molar-refractivity contribution is 0.0817. The van der Waals surface area contributed by atoms with Gasteiger partial charge in [-0.15, -0.1) is 0 Å². The second-order valence-corrected chi connectivity index (χ2v) is 6.38. The molecular weight excluding hydrogens is 399 g/mol. The van der Waals surface area contributed by atoms with Gasteiger partial charge >= 0.3 is 0 Å². The molecular formula is C17H15F5N6O. The monoisotopic (exact) mass is 414 g/mol. The highest BCUT2D eigenvalue weighted by Gasteiger charge is 2.28. The van der Waals surface area contributed by atoms with Crippen molar-refractivity contribution in [3.05, 3.63) is 36.2 Å². The summed E-state index contributed by atoms with van der Waals surface area (Å²) >= 11 is 0. The Morgan fingerprint density at radius 3 is 2.76 bits per heavy atom. The third kappa shape index (κ3) is 3.92. The van der Waals surface area contributed by atoms with Crippen LogP contribution in [0.15, 0.2) is 24.5 Å². The first-order valence-electron chi connectivity index (χ1n) is 8.65. The van der Waals surface area contributed by atoms with Crippen molar-refractivity contribution in [1.82, 2.24) is 24.9 Å². The zero-order valence-electron chi connectivity index (χ0n) is 14.7. The quantitative estimate of drug-likeness (QED) is 0.604. The van der Waals surface area contributed by atoms with Crippen molar-refractivity contribution in [2.24, 2.45) is 0 Å². The third-order valence-electron chi connectivity index (χ3n) is 4.35. The molecule has 7 nitrogen and oxygen atoms in total. The van der Waals surface area contributed by atoms with Crippen molar-refractivity contribution in [3.8, 4) is 17.1 Å². The molecule has 0 unspecified atom stereocenters. The minimum absolute atomic E-state index is 0.0626. The first kappa shape index (κ1) is 19.3. The minimum atomic E-state index is -2.65. The fourth-order valence-corrected chi connectivity index (χ4v) is 2.97. The largest absolute Gasteiger partial charge is 0.486 e. The van der Waals surface area contributed by atoms with E-state index >= 15 is 0 Å². The van der Waals surface area contributed by atoms with Gasteiger partial charge in [-0.25, -0.2) is 36.4 Å². The van der Waals surface area contributed by atoms with Crippen LogP contribution >= 0.6 is 0 Å². The van der Waals surface area contributed by atoms with Gasteiger partial charge in [0.1, 0.15) is 29.9 Å². The van der Waals surface area contributed by atoms with Gasteiger partial charge in [-0.2, -0.15) is 5.10 Å². The predicted molar refractivity (Wildman–Crippen MR) is 92.8 cm³/mol. The molecule has 0 saturated carbocycles. The number of nitrogens with one attached hydrogen (secondary N) is 2. The maximum absolute atomic E-state index is 14.4. The van der Waals surface area contributed by atoms with E-state index in [9.17, 15) is 22.0 Å². The molecule has 0 radical (unpaired) electrons. The Morgan fingerprint density at radius 1 is 1.21 bits per heavy atom. The molecule has 0 aliphatic carbocycles. The van der Waals surface area contributed by atoms with Crippen LogP contribution in [0, 0.1) is 11.6 Å². The lowest BCUT2D eigenvalue weighted by atomic mass is 10.2. The molecule has 2 atom stereocenters. The topological polar surface area (TPSA) is 76.4 Å². The third-order valence-corrected chi connectivity index (χ3v) is 4.35. The number of fused-ring (bicyclic) bond motifs is 1. The number of hydrogen-bond donors (Lipinski definition) is 2. The van der Waals surface area contributed by atoms with E-state index in [1.807, 2.05) is 0 Å². The van der Waals surface area contributed by atoms with Crippen molar-refractivity contribution in [2.45, 2.75) is 18.6 Å². The van der Waals surface area contributed by atoms with E-state index in [-0.39, 0.29) is 41.7 Å². The molecule has 1 fully saturated rings. The summed E-state index contributed by atoms with van der Waals surface area (Å²) in [5.41, 5.74) is 0.0365. The average Bonchev–Trinajstić information content (AvgIpc) is 3.28. The summed E-state index contributed by atoms with van der Waals surface area (Å²) in [5.74, 6) is -2.16. The van der Waals surface area contributed by atoms with Gasteiger partial charge in [0.05, 0.1) is 18.4 Å². The molecule has 3 aromatic heterocycles. The van der Waals surface area contributed by atoms with Crippen LogP contribution in [0.2, 0.25) is 0 Å². The summed E-state index contributed by atoms with van der Waals surface area (Å²) in [5, 5.41) is 9.46. The van der Waals surface area contributed by atoms with Crippen LogP contribution in [0.5, 0.6) is 5.75 Å². The van der Waals surface area contributed by atoms with Gasteiger partial charge in [-0.05, 0) is 0 Å². The van der Waals surface area contributed by atoms with Crippen molar-refractivity contribution in [1.29, 1.82) is 0 Å². The zero-order chi connectivity index (χ0) is 20.5. The highest BCUT2D eigenvalue weighted by molar-refractivity contribution is 5.62. The van der Waals surface area contributed by atoms with Crippen LogP contribution in [0.1, 0.15) is 0 Å². The molecule has 1 aliphatic rings. The average molecular weight is 414 g/mol. The van der Waals surface area contributed by atoms with Gasteiger partial charge in [0, 0.05) is 25.2 Å². The van der Waals surface area contributed by atoms with Crippen LogP contribution in [-0.4, -0.2) is 57.9 Å². The highest BCUT2D eigenvalue weighted by atomic mass is 19.3. The van der Waals surface area contributed by atoms with Crippen LogP contribution in [0.3, 0.4) is 0 Å². The first-order chi connectivity index (χ1) is 13.9. The summed E-state index contributed by atoms with van der Waals surface area (Å²) in [7, 11) is 0. The number of anilines is 1. The van der Waals surface area contributed by atoms with E-state index in [1.165, 1.54) is 23.0 Å². The van der Waals surface area contributed by atoms with Gasteiger partial charge in [0.2, 0.25) is 0 Å². The maximum Gasteiger partial charge on any atom is 0.272 e. The Labute approximate surface area is 160 Å². The number of pyridine rings is 1. The fraction of sp³-hybridized carbons (Fsp3) is 0.353. The molecule has 29 heavy (non-hydrogen) atoms. The molecule has 4 rings (SSSR count). The second kappa shape index (κ2) is 7.78. The normalized spacial score (nSPS) is 19.2. The number of imidazole rings is 1. The molecule has 2 N–H and O–H groups in total. The number of halogens is 5. The Hall–Kier alpha value is -3.02. The highest BCUT2D eigenvalue weighted by Crippen LogP contribution is 2.27. The molecule has 154 valence electrons. The van der Waals surface area contributed by atoms with Crippen LogP contribution < -0.4 is 15.4 Å². The molecule has 0 aromatic carbocycles. The van der Waals surface area contributed by atoms with E-state index in [0.29, 0.717) is 6.07 Å². The van der Waals surface area contributed by atoms with Crippen molar-refractivity contribution in [2.75, 3.05) is 25.0 Å². The molecule has 12 heteroatoms. The summed E-state index contributed by atoms with van der Waals surface area (Å²) in [6, 6.07) is 1.28. The SMILES string of the molecule is Fc1cc(F)c(-c2cnc3cc(OCC(F)F)cnn23)nc1N[C@H]1CNC[C@@H]1F. The standard InChI is InChI=1S/C17H15F5N6O/c18-9-2-10(19)17(26-12-5-23-4-11(12)20)27-16(9)13-6-24-15-1-8(3-25-28(13)15)29-7-14(21)22/h1-3,6,11-12,14,23H,4-5,7H2,(H,26,27)/t11-,12-/m0/s1. The molecule has 4 heterocycles. The molecule has 0 bridgehead atoms. The number of hydrogen-bond acceptors (Lipinski definition) is 6. The van der Waals surface area contributed by atoms with E-state index in [0.717, 1.165) is 0 Å². The number of nitrogens with zero attached hydrogens (tertiary/aromatic N) is 4. The minimum Gasteiger partial charge on any atom is -0.486 e. The molecule has 1 aliphatic heterocycles. The van der Waals surface area contributed by atoms with Gasteiger partial charge in [0.15, 0.2) is 23.1 Å². The van der Waals surface area contributed by atoms with Crippen LogP contribution in [0.4, 0.5) is 27.8 Å². The summed E-state index contributed by atoms with van der Waals surface area (Å²) < 4.78 is 72.9. The summed E-state index contributed by atoms with van der Waals surface area (Å²) in [6.07, 6.45) is -1.47. The molecule has 1 saturated heterocycles. The van der Waals surface area contributed by atoms with Gasteiger partial charge < -0.3 is 15.4 Å². The smallest absolute Gasteiger partial charge is 0.272 e. The number of ether oxygens (including phenoxy) is 1.